The highest BCUT2D eigenvalue weighted by Gasteiger charge is 2.23. The molecule has 2 aromatic carbocycles. The van der Waals surface area contributed by atoms with Crippen molar-refractivity contribution in [1.29, 1.82) is 0 Å². The van der Waals surface area contributed by atoms with Gasteiger partial charge in [-0.3, -0.25) is 0 Å². The summed E-state index contributed by atoms with van der Waals surface area (Å²) in [6.45, 7) is 3.12. The number of benzene rings is 2. The van der Waals surface area contributed by atoms with Crippen molar-refractivity contribution in [3.05, 3.63) is 53.6 Å². The van der Waals surface area contributed by atoms with Crippen molar-refractivity contribution in [2.45, 2.75) is 13.0 Å². The summed E-state index contributed by atoms with van der Waals surface area (Å²) in [4.78, 5) is 2.08. The molecule has 25 heavy (non-hydrogen) atoms. The number of rotatable bonds is 6. The molecule has 1 atom stereocenters. The van der Waals surface area contributed by atoms with E-state index in [9.17, 15) is 13.9 Å². The van der Waals surface area contributed by atoms with E-state index < -0.39 is 11.6 Å². The number of phenols is 1. The molecule has 0 aliphatic carbocycles. The molecule has 0 bridgehead atoms. The Labute approximate surface area is 146 Å². The summed E-state index contributed by atoms with van der Waals surface area (Å²) in [5.41, 5.74) is 1.70. The quantitative estimate of drug-likeness (QED) is 0.841. The lowest BCUT2D eigenvalue weighted by Gasteiger charge is -2.19. The third-order valence-electron chi connectivity index (χ3n) is 4.56. The third kappa shape index (κ3) is 4.20. The van der Waals surface area contributed by atoms with E-state index in [1.807, 2.05) is 6.07 Å². The largest absolute Gasteiger partial charge is 0.504 e. The maximum Gasteiger partial charge on any atom is 0.160 e. The standard InChI is InChI=1S/C19H22F2N2O2/c1-25-19-5-2-13(8-18(19)24)10-22-11-14-6-7-23(12-14)15-3-4-16(20)17(21)9-15/h2-5,8-9,14,22,24H,6-7,10-12H2,1H3/t14-/m0/s1. The maximum absolute atomic E-state index is 13.4. The zero-order valence-corrected chi connectivity index (χ0v) is 14.1. The highest BCUT2D eigenvalue weighted by atomic mass is 19.2. The van der Waals surface area contributed by atoms with Gasteiger partial charge in [0.1, 0.15) is 0 Å². The molecule has 1 saturated heterocycles. The van der Waals surface area contributed by atoms with Gasteiger partial charge in [0, 0.05) is 37.9 Å². The topological polar surface area (TPSA) is 44.7 Å². The first-order valence-electron chi connectivity index (χ1n) is 8.33. The number of hydrogen-bond acceptors (Lipinski definition) is 4. The number of hydrogen-bond donors (Lipinski definition) is 2. The van der Waals surface area contributed by atoms with Crippen LogP contribution in [0.5, 0.6) is 11.5 Å². The molecule has 1 aliphatic heterocycles. The van der Waals surface area contributed by atoms with Crippen molar-refractivity contribution in [2.24, 2.45) is 5.92 Å². The predicted molar refractivity (Wildman–Crippen MR) is 93.0 cm³/mol. The fraction of sp³-hybridized carbons (Fsp3) is 0.368. The fourth-order valence-electron chi connectivity index (χ4n) is 3.18. The van der Waals surface area contributed by atoms with Gasteiger partial charge in [0.15, 0.2) is 23.1 Å². The number of phenolic OH excluding ortho intramolecular Hbond substituents is 1. The molecule has 0 amide bonds. The Morgan fingerprint density at radius 3 is 2.76 bits per heavy atom. The smallest absolute Gasteiger partial charge is 0.160 e. The fourth-order valence-corrected chi connectivity index (χ4v) is 3.18. The second kappa shape index (κ2) is 7.70. The van der Waals surface area contributed by atoms with Crippen LogP contribution in [0.4, 0.5) is 14.5 Å². The molecule has 4 nitrogen and oxygen atoms in total. The number of nitrogens with zero attached hydrogens (tertiary/aromatic N) is 1. The van der Waals surface area contributed by atoms with Gasteiger partial charge in [-0.05, 0) is 42.2 Å². The summed E-state index contributed by atoms with van der Waals surface area (Å²) in [6, 6.07) is 9.39. The number of nitrogens with one attached hydrogen (secondary N) is 1. The number of aromatic hydroxyl groups is 1. The monoisotopic (exact) mass is 348 g/mol. The molecule has 3 rings (SSSR count). The molecule has 0 spiro atoms. The van der Waals surface area contributed by atoms with E-state index in [2.05, 4.69) is 10.2 Å². The van der Waals surface area contributed by atoms with Crippen LogP contribution in [0.1, 0.15) is 12.0 Å². The SMILES string of the molecule is COc1ccc(CNC[C@@H]2CCN(c3ccc(F)c(F)c3)C2)cc1O. The minimum Gasteiger partial charge on any atom is -0.504 e. The summed E-state index contributed by atoms with van der Waals surface area (Å²) in [7, 11) is 1.52. The summed E-state index contributed by atoms with van der Waals surface area (Å²) in [5.74, 6) is -0.587. The Bertz CT molecular complexity index is 739. The molecule has 0 unspecified atom stereocenters. The van der Waals surface area contributed by atoms with Crippen LogP contribution < -0.4 is 15.0 Å². The Kier molecular flexibility index (Phi) is 5.38. The Hall–Kier alpha value is -2.34. The summed E-state index contributed by atoms with van der Waals surface area (Å²) in [6.07, 6.45) is 1.000. The minimum absolute atomic E-state index is 0.132. The maximum atomic E-state index is 13.4. The van der Waals surface area contributed by atoms with Gasteiger partial charge in [-0.15, -0.1) is 0 Å². The van der Waals surface area contributed by atoms with E-state index in [4.69, 9.17) is 4.74 Å². The van der Waals surface area contributed by atoms with Gasteiger partial charge < -0.3 is 20.1 Å². The zero-order valence-electron chi connectivity index (χ0n) is 14.1. The van der Waals surface area contributed by atoms with Gasteiger partial charge in [-0.25, -0.2) is 8.78 Å². The first-order valence-corrected chi connectivity index (χ1v) is 8.33. The van der Waals surface area contributed by atoms with Crippen molar-refractivity contribution in [1.82, 2.24) is 5.32 Å². The van der Waals surface area contributed by atoms with Gasteiger partial charge in [0.05, 0.1) is 7.11 Å². The van der Waals surface area contributed by atoms with Gasteiger partial charge >= 0.3 is 0 Å². The van der Waals surface area contributed by atoms with Crippen LogP contribution in [0.25, 0.3) is 0 Å². The molecule has 1 fully saturated rings. The average Bonchev–Trinajstić information content (AvgIpc) is 3.06. The molecular weight excluding hydrogens is 326 g/mol. The van der Waals surface area contributed by atoms with Crippen LogP contribution in [0, 0.1) is 17.6 Å². The molecule has 2 aromatic rings. The third-order valence-corrected chi connectivity index (χ3v) is 4.56. The van der Waals surface area contributed by atoms with Gasteiger partial charge in [0.25, 0.3) is 0 Å². The van der Waals surface area contributed by atoms with Crippen LogP contribution >= 0.6 is 0 Å². The van der Waals surface area contributed by atoms with E-state index in [0.717, 1.165) is 37.3 Å². The molecule has 0 saturated carbocycles. The van der Waals surface area contributed by atoms with Gasteiger partial charge in [0.2, 0.25) is 0 Å². The molecule has 134 valence electrons. The summed E-state index contributed by atoms with van der Waals surface area (Å²) < 4.78 is 31.4. The van der Waals surface area contributed by atoms with Gasteiger partial charge in [-0.1, -0.05) is 6.07 Å². The van der Waals surface area contributed by atoms with Crippen LogP contribution in [0.3, 0.4) is 0 Å². The lowest BCUT2D eigenvalue weighted by atomic mass is 10.1. The Morgan fingerprint density at radius 1 is 1.20 bits per heavy atom. The molecular formula is C19H22F2N2O2. The van der Waals surface area contributed by atoms with Crippen molar-refractivity contribution in [3.8, 4) is 11.5 Å². The van der Waals surface area contributed by atoms with Crippen LogP contribution in [0.2, 0.25) is 0 Å². The number of halogens is 2. The van der Waals surface area contributed by atoms with E-state index >= 15 is 0 Å². The van der Waals surface area contributed by atoms with Crippen LogP contribution in [-0.4, -0.2) is 31.9 Å². The lowest BCUT2D eigenvalue weighted by molar-refractivity contribution is 0.373. The van der Waals surface area contributed by atoms with Gasteiger partial charge in [-0.2, -0.15) is 0 Å². The first-order chi connectivity index (χ1) is 12.1. The molecule has 1 aliphatic rings. The first kappa shape index (κ1) is 17.5. The van der Waals surface area contributed by atoms with Crippen LogP contribution in [-0.2, 0) is 6.54 Å². The zero-order chi connectivity index (χ0) is 17.8. The van der Waals surface area contributed by atoms with Crippen molar-refractivity contribution in [3.63, 3.8) is 0 Å². The molecule has 2 N–H and O–H groups in total. The van der Waals surface area contributed by atoms with E-state index in [0.29, 0.717) is 18.2 Å². The highest BCUT2D eigenvalue weighted by Crippen LogP contribution is 2.27. The number of ether oxygens (including phenoxy) is 1. The number of methoxy groups -OCH3 is 1. The Balaban J connectivity index is 1.48. The van der Waals surface area contributed by atoms with E-state index in [-0.39, 0.29) is 5.75 Å². The van der Waals surface area contributed by atoms with E-state index in [1.165, 1.54) is 19.2 Å². The van der Waals surface area contributed by atoms with E-state index in [1.54, 1.807) is 18.2 Å². The molecule has 0 radical (unpaired) electrons. The molecule has 0 aromatic heterocycles. The highest BCUT2D eigenvalue weighted by molar-refractivity contribution is 5.47. The predicted octanol–water partition coefficient (Wildman–Crippen LogP) is 3.30. The molecule has 6 heteroatoms. The summed E-state index contributed by atoms with van der Waals surface area (Å²) >= 11 is 0. The lowest BCUT2D eigenvalue weighted by Crippen LogP contribution is -2.26. The molecule has 1 heterocycles. The average molecular weight is 348 g/mol. The van der Waals surface area contributed by atoms with Crippen molar-refractivity contribution in [2.75, 3.05) is 31.6 Å². The Morgan fingerprint density at radius 2 is 2.04 bits per heavy atom. The second-order valence-corrected chi connectivity index (χ2v) is 6.34. The summed E-state index contributed by atoms with van der Waals surface area (Å²) in [5, 5.41) is 13.2. The van der Waals surface area contributed by atoms with Crippen molar-refractivity contribution >= 4 is 5.69 Å². The second-order valence-electron chi connectivity index (χ2n) is 6.34. The number of anilines is 1. The normalized spacial score (nSPS) is 17.1. The van der Waals surface area contributed by atoms with Crippen molar-refractivity contribution < 1.29 is 18.6 Å². The minimum atomic E-state index is -0.816. The van der Waals surface area contributed by atoms with Crippen LogP contribution in [0.15, 0.2) is 36.4 Å².